The van der Waals surface area contributed by atoms with Crippen molar-refractivity contribution < 1.29 is 24.2 Å². The van der Waals surface area contributed by atoms with E-state index in [1.54, 1.807) is 0 Å². The fourth-order valence-corrected chi connectivity index (χ4v) is 8.93. The lowest BCUT2D eigenvalue weighted by molar-refractivity contribution is -0.161. The predicted molar refractivity (Wildman–Crippen MR) is 325 cm³/mol. The summed E-state index contributed by atoms with van der Waals surface area (Å²) in [5.41, 5.74) is 0. The average Bonchev–Trinajstić information content (AvgIpc) is 3.40. The monoisotopic (exact) mass is 1030 g/mol. The summed E-state index contributed by atoms with van der Waals surface area (Å²) in [6.07, 6.45) is 92.3. The molecule has 74 heavy (non-hydrogen) atoms. The van der Waals surface area contributed by atoms with Crippen LogP contribution >= 0.6 is 0 Å². The van der Waals surface area contributed by atoms with Gasteiger partial charge in [-0.3, -0.25) is 9.59 Å². The Kier molecular flexibility index (Phi) is 60.9. The lowest BCUT2D eigenvalue weighted by Gasteiger charge is -2.15. The molecule has 0 aliphatic carbocycles. The van der Waals surface area contributed by atoms with Crippen LogP contribution in [0.15, 0.2) is 109 Å². The van der Waals surface area contributed by atoms with Crippen molar-refractivity contribution in [2.45, 2.75) is 302 Å². The molecule has 0 radical (unpaired) electrons. The number of aliphatic hydroxyl groups is 1. The van der Waals surface area contributed by atoms with Crippen molar-refractivity contribution in [1.29, 1.82) is 0 Å². The van der Waals surface area contributed by atoms with E-state index in [0.717, 1.165) is 96.3 Å². The standard InChI is InChI=1S/C69H118O5/c1-3-5-7-9-11-13-15-17-19-21-23-25-27-29-31-33-34-36-37-39-41-43-45-47-49-51-53-55-57-59-61-63-68(71)73-66-67(65-70)74-69(72)64-62-60-58-56-54-52-50-48-46-44-42-40-38-35-32-30-28-26-24-22-20-18-16-14-12-10-8-6-4-2/h5-8,11-14,17-20,23-26,30,32,67,70H,3-4,9-10,15-16,21-22,27-29,31,33-66H2,1-2H3/b7-5-,8-6-,13-11-,14-12-,19-17-,20-18-,25-23-,26-24-,32-30-. The van der Waals surface area contributed by atoms with E-state index < -0.39 is 6.10 Å². The van der Waals surface area contributed by atoms with Gasteiger partial charge in [0.2, 0.25) is 0 Å². The molecule has 0 heterocycles. The number of aliphatic hydroxyl groups excluding tert-OH is 1. The molecule has 1 N–H and O–H groups in total. The van der Waals surface area contributed by atoms with Crippen LogP contribution in [0.5, 0.6) is 0 Å². The van der Waals surface area contributed by atoms with Crippen LogP contribution < -0.4 is 0 Å². The fraction of sp³-hybridized carbons (Fsp3) is 0.710. The van der Waals surface area contributed by atoms with Crippen LogP contribution in [-0.2, 0) is 19.1 Å². The Bertz CT molecular complexity index is 1440. The molecule has 424 valence electrons. The quantitative estimate of drug-likeness (QED) is 0.0373. The summed E-state index contributed by atoms with van der Waals surface area (Å²) in [4.78, 5) is 24.6. The minimum absolute atomic E-state index is 0.0680. The molecule has 5 heteroatoms. The second-order valence-corrected chi connectivity index (χ2v) is 20.7. The van der Waals surface area contributed by atoms with Crippen molar-refractivity contribution in [3.63, 3.8) is 0 Å². The molecule has 0 spiro atoms. The number of esters is 2. The molecule has 0 aliphatic heterocycles. The molecule has 0 aromatic rings. The molecule has 0 bridgehead atoms. The largest absolute Gasteiger partial charge is 0.462 e. The van der Waals surface area contributed by atoms with Crippen molar-refractivity contribution >= 4 is 11.9 Å². The van der Waals surface area contributed by atoms with E-state index in [-0.39, 0.29) is 25.2 Å². The van der Waals surface area contributed by atoms with Crippen molar-refractivity contribution in [3.8, 4) is 0 Å². The summed E-state index contributed by atoms with van der Waals surface area (Å²) in [6.45, 7) is 3.94. The first kappa shape index (κ1) is 70.6. The third kappa shape index (κ3) is 61.1. The minimum Gasteiger partial charge on any atom is -0.462 e. The first-order valence-corrected chi connectivity index (χ1v) is 31.4. The highest BCUT2D eigenvalue weighted by atomic mass is 16.6. The second kappa shape index (κ2) is 63.8. The average molecular weight is 1030 g/mol. The van der Waals surface area contributed by atoms with Crippen LogP contribution in [0, 0.1) is 0 Å². The Hall–Kier alpha value is -3.44. The van der Waals surface area contributed by atoms with E-state index in [9.17, 15) is 14.7 Å². The molecule has 0 aliphatic rings. The van der Waals surface area contributed by atoms with E-state index in [2.05, 4.69) is 123 Å². The second-order valence-electron chi connectivity index (χ2n) is 20.7. The SMILES string of the molecule is CC/C=C\C/C=C\C/C=C\C/C=C\C/C=C\CCCCCCCCCCCCCCCC(=O)OC(CO)COC(=O)CCCCCCCCCCCCCCCCCCCC/C=C\C/C=C\C/C=C\C/C=C\CC. The number of allylic oxidation sites excluding steroid dienone is 18. The summed E-state index contributed by atoms with van der Waals surface area (Å²) in [5.74, 6) is -0.585. The Morgan fingerprint density at radius 3 is 0.811 bits per heavy atom. The van der Waals surface area contributed by atoms with Gasteiger partial charge < -0.3 is 14.6 Å². The van der Waals surface area contributed by atoms with Crippen molar-refractivity contribution in [2.75, 3.05) is 13.2 Å². The summed E-state index contributed by atoms with van der Waals surface area (Å²) in [7, 11) is 0. The minimum atomic E-state index is -0.778. The lowest BCUT2D eigenvalue weighted by atomic mass is 10.0. The van der Waals surface area contributed by atoms with E-state index in [0.29, 0.717) is 12.8 Å². The highest BCUT2D eigenvalue weighted by molar-refractivity contribution is 5.70. The summed E-state index contributed by atoms with van der Waals surface area (Å²) < 4.78 is 10.7. The van der Waals surface area contributed by atoms with Crippen LogP contribution in [0.3, 0.4) is 0 Å². The fourth-order valence-electron chi connectivity index (χ4n) is 8.93. The molecule has 0 saturated carbocycles. The van der Waals surface area contributed by atoms with Gasteiger partial charge in [0.25, 0.3) is 0 Å². The van der Waals surface area contributed by atoms with Gasteiger partial charge in [0.15, 0.2) is 6.10 Å². The Balaban J connectivity index is 3.47. The molecule has 1 atom stereocenters. The topological polar surface area (TPSA) is 72.8 Å². The van der Waals surface area contributed by atoms with Crippen molar-refractivity contribution in [1.82, 2.24) is 0 Å². The number of carbonyl (C=O) groups excluding carboxylic acids is 2. The van der Waals surface area contributed by atoms with Crippen LogP contribution in [0.2, 0.25) is 0 Å². The molecule has 0 aromatic heterocycles. The highest BCUT2D eigenvalue weighted by Crippen LogP contribution is 2.17. The lowest BCUT2D eigenvalue weighted by Crippen LogP contribution is -2.28. The Labute approximate surface area is 459 Å². The predicted octanol–water partition coefficient (Wildman–Crippen LogP) is 21.6. The van der Waals surface area contributed by atoms with Gasteiger partial charge in [-0.15, -0.1) is 0 Å². The van der Waals surface area contributed by atoms with E-state index >= 15 is 0 Å². The molecule has 0 saturated heterocycles. The van der Waals surface area contributed by atoms with Gasteiger partial charge in [-0.2, -0.15) is 0 Å². The molecule has 1 unspecified atom stereocenters. The molecule has 0 aromatic carbocycles. The maximum absolute atomic E-state index is 12.3. The van der Waals surface area contributed by atoms with Crippen LogP contribution in [0.25, 0.3) is 0 Å². The Morgan fingerprint density at radius 1 is 0.311 bits per heavy atom. The van der Waals surface area contributed by atoms with Crippen molar-refractivity contribution in [2.24, 2.45) is 0 Å². The third-order valence-corrected chi connectivity index (χ3v) is 13.6. The smallest absolute Gasteiger partial charge is 0.306 e. The number of ether oxygens (including phenoxy) is 2. The van der Waals surface area contributed by atoms with Crippen molar-refractivity contribution in [3.05, 3.63) is 109 Å². The maximum atomic E-state index is 12.3. The molecule has 0 fully saturated rings. The van der Waals surface area contributed by atoms with Crippen LogP contribution in [0.1, 0.15) is 296 Å². The van der Waals surface area contributed by atoms with Gasteiger partial charge >= 0.3 is 11.9 Å². The summed E-state index contributed by atoms with van der Waals surface area (Å²) >= 11 is 0. The molecular weight excluding hydrogens is 909 g/mol. The number of carbonyl (C=O) groups is 2. The summed E-state index contributed by atoms with van der Waals surface area (Å²) in [6, 6.07) is 0. The van der Waals surface area contributed by atoms with Crippen LogP contribution in [0.4, 0.5) is 0 Å². The maximum Gasteiger partial charge on any atom is 0.306 e. The number of hydrogen-bond donors (Lipinski definition) is 1. The van der Waals surface area contributed by atoms with E-state index in [1.165, 1.54) is 173 Å². The van der Waals surface area contributed by atoms with E-state index in [1.807, 2.05) is 0 Å². The Morgan fingerprint density at radius 2 is 0.541 bits per heavy atom. The van der Waals surface area contributed by atoms with Gasteiger partial charge in [-0.1, -0.05) is 297 Å². The van der Waals surface area contributed by atoms with Gasteiger partial charge in [-0.25, -0.2) is 0 Å². The van der Waals surface area contributed by atoms with Crippen LogP contribution in [-0.4, -0.2) is 36.4 Å². The zero-order chi connectivity index (χ0) is 53.4. The number of unbranched alkanes of at least 4 members (excludes halogenated alkanes) is 31. The molecule has 5 nitrogen and oxygen atoms in total. The molecule has 0 rings (SSSR count). The number of hydrogen-bond acceptors (Lipinski definition) is 5. The van der Waals surface area contributed by atoms with Gasteiger partial charge in [-0.05, 0) is 96.3 Å². The highest BCUT2D eigenvalue weighted by Gasteiger charge is 2.16. The van der Waals surface area contributed by atoms with Gasteiger partial charge in [0, 0.05) is 12.8 Å². The van der Waals surface area contributed by atoms with Gasteiger partial charge in [0.1, 0.15) is 6.61 Å². The van der Waals surface area contributed by atoms with Gasteiger partial charge in [0.05, 0.1) is 6.61 Å². The number of rotatable bonds is 57. The molecular formula is C69H118O5. The normalized spacial score (nSPS) is 13.0. The zero-order valence-corrected chi connectivity index (χ0v) is 48.6. The molecule has 0 amide bonds. The third-order valence-electron chi connectivity index (χ3n) is 13.6. The first-order valence-electron chi connectivity index (χ1n) is 31.4. The first-order chi connectivity index (χ1) is 36.6. The zero-order valence-electron chi connectivity index (χ0n) is 48.6. The summed E-state index contributed by atoms with van der Waals surface area (Å²) in [5, 5.41) is 9.68. The van der Waals surface area contributed by atoms with E-state index in [4.69, 9.17) is 9.47 Å².